The van der Waals surface area contributed by atoms with Gasteiger partial charge in [-0.2, -0.15) is 5.10 Å². The first-order valence-electron chi connectivity index (χ1n) is 7.36. The minimum atomic E-state index is 0.227. The van der Waals surface area contributed by atoms with Crippen molar-refractivity contribution in [3.8, 4) is 11.4 Å². The Hall–Kier alpha value is -1.64. The Morgan fingerprint density at radius 1 is 1.36 bits per heavy atom. The molecule has 3 heterocycles. The molecule has 0 aliphatic heterocycles. The molecule has 0 bridgehead atoms. The maximum atomic E-state index is 6.11. The van der Waals surface area contributed by atoms with Gasteiger partial charge in [0.1, 0.15) is 17.2 Å². The summed E-state index contributed by atoms with van der Waals surface area (Å²) < 4.78 is 8.57. The smallest absolute Gasteiger partial charge is 0.153 e. The average Bonchev–Trinajstić information content (AvgIpc) is 3.13. The van der Waals surface area contributed by atoms with E-state index in [4.69, 9.17) is 15.4 Å². The van der Waals surface area contributed by atoms with Gasteiger partial charge in [0.25, 0.3) is 0 Å². The Bertz CT molecular complexity index is 862. The Kier molecular flexibility index (Phi) is 3.14. The van der Waals surface area contributed by atoms with Crippen LogP contribution in [0.15, 0.2) is 16.8 Å². The molecule has 1 fully saturated rings. The summed E-state index contributed by atoms with van der Waals surface area (Å²) in [6.45, 7) is 4.19. The SMILES string of the molecule is CC(C)n1nc(-c2noc(C3CC3)c2I)c2c(N)nccc21. The van der Waals surface area contributed by atoms with Crippen molar-refractivity contribution in [3.05, 3.63) is 21.6 Å². The van der Waals surface area contributed by atoms with Crippen molar-refractivity contribution in [2.45, 2.75) is 38.6 Å². The molecule has 0 radical (unpaired) electrons. The Labute approximate surface area is 141 Å². The molecule has 1 aliphatic rings. The number of aromatic nitrogens is 4. The third-order valence-electron chi connectivity index (χ3n) is 3.97. The number of anilines is 1. The summed E-state index contributed by atoms with van der Waals surface area (Å²) in [6, 6.07) is 2.17. The fraction of sp³-hybridized carbons (Fsp3) is 0.400. The maximum Gasteiger partial charge on any atom is 0.153 e. The molecule has 6 nitrogen and oxygen atoms in total. The second-order valence-electron chi connectivity index (χ2n) is 5.96. The Morgan fingerprint density at radius 2 is 2.14 bits per heavy atom. The minimum Gasteiger partial charge on any atom is -0.383 e. The summed E-state index contributed by atoms with van der Waals surface area (Å²) in [6.07, 6.45) is 4.07. The topological polar surface area (TPSA) is 82.8 Å². The Balaban J connectivity index is 1.98. The van der Waals surface area contributed by atoms with Gasteiger partial charge in [-0.1, -0.05) is 5.16 Å². The molecule has 0 spiro atoms. The number of nitrogens with two attached hydrogens (primary N) is 1. The standard InChI is InChI=1S/C15H16IN5O/c1-7(2)21-9-5-6-18-15(17)10(9)12(19-21)13-11(16)14(22-20-13)8-3-4-8/h5-8H,3-4H2,1-2H3,(H2,17,18). The van der Waals surface area contributed by atoms with Crippen LogP contribution in [0, 0.1) is 3.57 Å². The number of halogens is 1. The number of hydrogen-bond donors (Lipinski definition) is 1. The third-order valence-corrected chi connectivity index (χ3v) is 5.01. The van der Waals surface area contributed by atoms with Crippen LogP contribution in [0.25, 0.3) is 22.3 Å². The third kappa shape index (κ3) is 2.02. The normalized spacial score (nSPS) is 15.1. The molecular weight excluding hydrogens is 393 g/mol. The van der Waals surface area contributed by atoms with E-state index in [1.807, 2.05) is 10.7 Å². The highest BCUT2D eigenvalue weighted by atomic mass is 127. The largest absolute Gasteiger partial charge is 0.383 e. The fourth-order valence-electron chi connectivity index (χ4n) is 2.71. The highest BCUT2D eigenvalue weighted by Crippen LogP contribution is 2.45. The second kappa shape index (κ2) is 4.94. The van der Waals surface area contributed by atoms with Crippen LogP contribution < -0.4 is 5.73 Å². The molecule has 1 aliphatic carbocycles. The van der Waals surface area contributed by atoms with Crippen molar-refractivity contribution < 1.29 is 4.52 Å². The summed E-state index contributed by atoms with van der Waals surface area (Å²) in [4.78, 5) is 4.21. The van der Waals surface area contributed by atoms with Gasteiger partial charge in [-0.3, -0.25) is 4.68 Å². The number of pyridine rings is 1. The number of nitrogens with zero attached hydrogens (tertiary/aromatic N) is 4. The molecule has 0 saturated heterocycles. The monoisotopic (exact) mass is 409 g/mol. The molecule has 3 aromatic rings. The molecule has 3 aromatic heterocycles. The second-order valence-corrected chi connectivity index (χ2v) is 7.04. The van der Waals surface area contributed by atoms with Gasteiger partial charge in [0.05, 0.1) is 14.5 Å². The van der Waals surface area contributed by atoms with Crippen LogP contribution in [0.2, 0.25) is 0 Å². The lowest BCUT2D eigenvalue weighted by Crippen LogP contribution is -2.02. The van der Waals surface area contributed by atoms with E-state index in [0.29, 0.717) is 11.7 Å². The van der Waals surface area contributed by atoms with Crippen LogP contribution >= 0.6 is 22.6 Å². The molecule has 2 N–H and O–H groups in total. The zero-order chi connectivity index (χ0) is 15.4. The van der Waals surface area contributed by atoms with E-state index in [1.165, 1.54) is 12.8 Å². The molecule has 0 amide bonds. The summed E-state index contributed by atoms with van der Waals surface area (Å²) >= 11 is 2.30. The molecule has 4 rings (SSSR count). The van der Waals surface area contributed by atoms with Gasteiger partial charge in [-0.15, -0.1) is 0 Å². The maximum absolute atomic E-state index is 6.11. The number of hydrogen-bond acceptors (Lipinski definition) is 5. The van der Waals surface area contributed by atoms with Crippen LogP contribution in [-0.2, 0) is 0 Å². The first-order chi connectivity index (χ1) is 10.6. The van der Waals surface area contributed by atoms with Gasteiger partial charge in [0.2, 0.25) is 0 Å². The van der Waals surface area contributed by atoms with Gasteiger partial charge < -0.3 is 10.3 Å². The lowest BCUT2D eigenvalue weighted by Gasteiger charge is -2.06. The van der Waals surface area contributed by atoms with Crippen LogP contribution in [0.1, 0.15) is 44.4 Å². The van der Waals surface area contributed by atoms with Crippen LogP contribution in [0.5, 0.6) is 0 Å². The number of rotatable bonds is 3. The zero-order valence-electron chi connectivity index (χ0n) is 12.4. The van der Waals surface area contributed by atoms with Gasteiger partial charge in [0, 0.05) is 18.2 Å². The summed E-state index contributed by atoms with van der Waals surface area (Å²) in [5.74, 6) is 1.97. The zero-order valence-corrected chi connectivity index (χ0v) is 14.5. The summed E-state index contributed by atoms with van der Waals surface area (Å²) in [5.41, 5.74) is 8.62. The molecule has 0 unspecified atom stereocenters. The summed E-state index contributed by atoms with van der Waals surface area (Å²) in [7, 11) is 0. The first-order valence-corrected chi connectivity index (χ1v) is 8.44. The predicted molar refractivity (Wildman–Crippen MR) is 92.5 cm³/mol. The minimum absolute atomic E-state index is 0.227. The quantitative estimate of drug-likeness (QED) is 0.667. The molecule has 0 atom stereocenters. The predicted octanol–water partition coefficient (Wildman–Crippen LogP) is 3.73. The van der Waals surface area contributed by atoms with Gasteiger partial charge in [-0.05, 0) is 55.3 Å². The van der Waals surface area contributed by atoms with Gasteiger partial charge in [0.15, 0.2) is 5.76 Å². The first kappa shape index (κ1) is 14.0. The van der Waals surface area contributed by atoms with E-state index in [0.717, 1.165) is 31.6 Å². The number of nitrogen functional groups attached to an aromatic ring is 1. The van der Waals surface area contributed by atoms with Crippen LogP contribution in [-0.4, -0.2) is 19.9 Å². The number of fused-ring (bicyclic) bond motifs is 1. The van der Waals surface area contributed by atoms with E-state index in [2.05, 4.69) is 46.6 Å². The van der Waals surface area contributed by atoms with Crippen molar-refractivity contribution >= 4 is 39.3 Å². The molecule has 1 saturated carbocycles. The fourth-order valence-corrected chi connectivity index (χ4v) is 3.60. The van der Waals surface area contributed by atoms with Crippen LogP contribution in [0.4, 0.5) is 5.82 Å². The van der Waals surface area contributed by atoms with Gasteiger partial charge in [-0.25, -0.2) is 4.98 Å². The van der Waals surface area contributed by atoms with Crippen molar-refractivity contribution in [2.75, 3.05) is 5.73 Å². The molecular formula is C15H16IN5O. The lowest BCUT2D eigenvalue weighted by molar-refractivity contribution is 0.385. The molecule has 22 heavy (non-hydrogen) atoms. The van der Waals surface area contributed by atoms with Crippen molar-refractivity contribution in [1.82, 2.24) is 19.9 Å². The van der Waals surface area contributed by atoms with E-state index in [-0.39, 0.29) is 6.04 Å². The van der Waals surface area contributed by atoms with Crippen molar-refractivity contribution in [1.29, 1.82) is 0 Å². The van der Waals surface area contributed by atoms with Crippen molar-refractivity contribution in [3.63, 3.8) is 0 Å². The van der Waals surface area contributed by atoms with Crippen LogP contribution in [0.3, 0.4) is 0 Å². The van der Waals surface area contributed by atoms with Crippen molar-refractivity contribution in [2.24, 2.45) is 0 Å². The Morgan fingerprint density at radius 3 is 2.82 bits per heavy atom. The highest BCUT2D eigenvalue weighted by Gasteiger charge is 2.33. The van der Waals surface area contributed by atoms with E-state index in [9.17, 15) is 0 Å². The molecule has 114 valence electrons. The highest BCUT2D eigenvalue weighted by molar-refractivity contribution is 14.1. The van der Waals surface area contributed by atoms with Gasteiger partial charge >= 0.3 is 0 Å². The van der Waals surface area contributed by atoms with E-state index in [1.54, 1.807) is 6.20 Å². The summed E-state index contributed by atoms with van der Waals surface area (Å²) in [5, 5.41) is 9.86. The average molecular weight is 409 g/mol. The van der Waals surface area contributed by atoms with E-state index < -0.39 is 0 Å². The molecule has 0 aromatic carbocycles. The molecule has 7 heteroatoms. The lowest BCUT2D eigenvalue weighted by atomic mass is 10.1. The van der Waals surface area contributed by atoms with E-state index >= 15 is 0 Å².